The minimum absolute atomic E-state index is 0.262. The predicted octanol–water partition coefficient (Wildman–Crippen LogP) is 1.94. The Hall–Kier alpha value is -1.56. The van der Waals surface area contributed by atoms with Gasteiger partial charge < -0.3 is 5.32 Å². The number of rotatable bonds is 4. The summed E-state index contributed by atoms with van der Waals surface area (Å²) >= 11 is 0. The Morgan fingerprint density at radius 3 is 2.78 bits per heavy atom. The van der Waals surface area contributed by atoms with E-state index in [1.54, 1.807) is 24.3 Å². The smallest absolute Gasteiger partial charge is 0.266 e. The van der Waals surface area contributed by atoms with Crippen LogP contribution >= 0.6 is 0 Å². The van der Waals surface area contributed by atoms with Gasteiger partial charge in [0.25, 0.3) is 10.0 Å². The molecule has 1 aromatic rings. The van der Waals surface area contributed by atoms with Crippen LogP contribution in [-0.2, 0) is 10.0 Å². The van der Waals surface area contributed by atoms with Gasteiger partial charge in [-0.05, 0) is 18.6 Å². The molecular weight excluding hydrogens is 250 g/mol. The number of nitrogens with zero attached hydrogens (tertiary/aromatic N) is 1. The maximum Gasteiger partial charge on any atom is 0.266 e. The van der Waals surface area contributed by atoms with Gasteiger partial charge in [0.15, 0.2) is 0 Å². The van der Waals surface area contributed by atoms with E-state index in [2.05, 4.69) is 22.0 Å². The summed E-state index contributed by atoms with van der Waals surface area (Å²) in [5, 5.41) is 2.99. The van der Waals surface area contributed by atoms with Gasteiger partial charge in [0.1, 0.15) is 4.90 Å². The molecule has 6 heteroatoms. The second-order valence-corrected chi connectivity index (χ2v) is 5.81. The summed E-state index contributed by atoms with van der Waals surface area (Å²) in [6, 6.07) is 6.79. The average Bonchev–Trinajstić information content (AvgIpc) is 2.34. The Morgan fingerprint density at radius 2 is 2.00 bits per heavy atom. The molecule has 0 unspecified atom stereocenters. The van der Waals surface area contributed by atoms with Crippen LogP contribution in [0.25, 0.3) is 0 Å². The summed E-state index contributed by atoms with van der Waals surface area (Å²) in [6.07, 6.45) is 3.18. The number of para-hydroxylation sites is 1. The van der Waals surface area contributed by atoms with Gasteiger partial charge in [-0.15, -0.1) is 0 Å². The Morgan fingerprint density at radius 1 is 1.22 bits per heavy atom. The number of unbranched alkanes of at least 4 members (excludes halogenated alkanes) is 2. The first-order valence-corrected chi connectivity index (χ1v) is 7.55. The fourth-order valence-corrected chi connectivity index (χ4v) is 2.91. The largest absolute Gasteiger partial charge is 0.324 e. The molecule has 0 bridgehead atoms. The molecule has 18 heavy (non-hydrogen) atoms. The Bertz CT molecular complexity index is 552. The molecule has 2 rings (SSSR count). The van der Waals surface area contributed by atoms with Crippen LogP contribution in [0.2, 0.25) is 0 Å². The molecule has 1 aromatic carbocycles. The van der Waals surface area contributed by atoms with Gasteiger partial charge in [0, 0.05) is 6.54 Å². The zero-order valence-corrected chi connectivity index (χ0v) is 11.1. The lowest BCUT2D eigenvalue weighted by Gasteiger charge is -2.21. The Balaban J connectivity index is 2.17. The predicted molar refractivity (Wildman–Crippen MR) is 72.2 cm³/mol. The first-order valence-electron chi connectivity index (χ1n) is 6.07. The third kappa shape index (κ3) is 2.81. The van der Waals surface area contributed by atoms with Gasteiger partial charge in [-0.3, -0.25) is 4.99 Å². The van der Waals surface area contributed by atoms with Gasteiger partial charge in [0.2, 0.25) is 5.96 Å². The van der Waals surface area contributed by atoms with Crippen LogP contribution in [0, 0.1) is 0 Å². The van der Waals surface area contributed by atoms with Crippen molar-refractivity contribution in [3.8, 4) is 0 Å². The fourth-order valence-electron chi connectivity index (χ4n) is 1.76. The van der Waals surface area contributed by atoms with E-state index in [0.717, 1.165) is 19.3 Å². The molecule has 0 spiro atoms. The molecule has 0 saturated heterocycles. The molecule has 0 atom stereocenters. The minimum atomic E-state index is -3.48. The molecule has 0 radical (unpaired) electrons. The molecule has 98 valence electrons. The topological polar surface area (TPSA) is 70.6 Å². The molecule has 0 aromatic heterocycles. The summed E-state index contributed by atoms with van der Waals surface area (Å²) < 4.78 is 26.3. The van der Waals surface area contributed by atoms with Crippen LogP contribution < -0.4 is 10.0 Å². The van der Waals surface area contributed by atoms with Crippen molar-refractivity contribution in [3.05, 3.63) is 24.3 Å². The van der Waals surface area contributed by atoms with Crippen LogP contribution in [0.4, 0.5) is 5.69 Å². The SMILES string of the molecule is CCCCCN=C1Nc2ccccc2S(=O)(=O)N1. The lowest BCUT2D eigenvalue weighted by Crippen LogP contribution is -2.40. The van der Waals surface area contributed by atoms with E-state index in [9.17, 15) is 8.42 Å². The van der Waals surface area contributed by atoms with Gasteiger partial charge in [-0.2, -0.15) is 0 Å². The minimum Gasteiger partial charge on any atom is -0.324 e. The van der Waals surface area contributed by atoms with Crippen LogP contribution in [0.3, 0.4) is 0 Å². The highest BCUT2D eigenvalue weighted by atomic mass is 32.2. The van der Waals surface area contributed by atoms with E-state index in [-0.39, 0.29) is 4.90 Å². The molecule has 0 amide bonds. The number of sulfonamides is 1. The first kappa shape index (κ1) is 12.9. The lowest BCUT2D eigenvalue weighted by atomic mass is 10.2. The molecule has 5 nitrogen and oxygen atoms in total. The van der Waals surface area contributed by atoms with Crippen molar-refractivity contribution >= 4 is 21.7 Å². The molecule has 0 saturated carbocycles. The lowest BCUT2D eigenvalue weighted by molar-refractivity contribution is 0.591. The highest BCUT2D eigenvalue weighted by Gasteiger charge is 2.25. The third-order valence-corrected chi connectivity index (χ3v) is 4.09. The molecular formula is C12H17N3O2S. The molecule has 0 fully saturated rings. The van der Waals surface area contributed by atoms with E-state index < -0.39 is 10.0 Å². The summed E-state index contributed by atoms with van der Waals surface area (Å²) in [7, 11) is -3.48. The third-order valence-electron chi connectivity index (χ3n) is 2.69. The van der Waals surface area contributed by atoms with E-state index >= 15 is 0 Å². The number of aliphatic imine (C=N–C) groups is 1. The number of fused-ring (bicyclic) bond motifs is 1. The van der Waals surface area contributed by atoms with Gasteiger partial charge >= 0.3 is 0 Å². The maximum atomic E-state index is 11.9. The van der Waals surface area contributed by atoms with Crippen LogP contribution in [0.1, 0.15) is 26.2 Å². The van der Waals surface area contributed by atoms with Crippen molar-refractivity contribution in [2.45, 2.75) is 31.1 Å². The van der Waals surface area contributed by atoms with Crippen molar-refractivity contribution in [3.63, 3.8) is 0 Å². The standard InChI is InChI=1S/C12H17N3O2S/c1-2-3-6-9-13-12-14-10-7-4-5-8-11(10)18(16,17)15-12/h4-5,7-8H,2-3,6,9H2,1H3,(H2,13,14,15). The van der Waals surface area contributed by atoms with E-state index in [1.165, 1.54) is 0 Å². The normalized spacial score (nSPS) is 18.8. The number of hydrogen-bond donors (Lipinski definition) is 2. The summed E-state index contributed by atoms with van der Waals surface area (Å²) in [4.78, 5) is 4.49. The Kier molecular flexibility index (Phi) is 3.86. The number of hydrogen-bond acceptors (Lipinski definition) is 3. The second kappa shape index (κ2) is 5.39. The van der Waals surface area contributed by atoms with Crippen molar-refractivity contribution in [1.29, 1.82) is 0 Å². The van der Waals surface area contributed by atoms with Gasteiger partial charge in [-0.1, -0.05) is 31.9 Å². The van der Waals surface area contributed by atoms with Crippen LogP contribution in [0.15, 0.2) is 34.2 Å². The number of nitrogens with one attached hydrogen (secondary N) is 2. The molecule has 1 aliphatic rings. The van der Waals surface area contributed by atoms with Crippen molar-refractivity contribution in [2.24, 2.45) is 4.99 Å². The highest BCUT2D eigenvalue weighted by Crippen LogP contribution is 2.23. The van der Waals surface area contributed by atoms with Crippen molar-refractivity contribution in [2.75, 3.05) is 11.9 Å². The molecule has 0 aliphatic carbocycles. The van der Waals surface area contributed by atoms with E-state index in [0.29, 0.717) is 18.2 Å². The number of benzene rings is 1. The highest BCUT2D eigenvalue weighted by molar-refractivity contribution is 7.90. The zero-order chi connectivity index (χ0) is 13.0. The summed E-state index contributed by atoms with van der Waals surface area (Å²) in [5.41, 5.74) is 0.575. The number of anilines is 1. The summed E-state index contributed by atoms with van der Waals surface area (Å²) in [6.45, 7) is 2.74. The zero-order valence-electron chi connectivity index (χ0n) is 10.3. The molecule has 2 N–H and O–H groups in total. The van der Waals surface area contributed by atoms with Crippen LogP contribution in [0.5, 0.6) is 0 Å². The quantitative estimate of drug-likeness (QED) is 0.819. The summed E-state index contributed by atoms with van der Waals surface area (Å²) in [5.74, 6) is 0.310. The molecule has 1 heterocycles. The Labute approximate surface area is 107 Å². The maximum absolute atomic E-state index is 11.9. The molecule has 1 aliphatic heterocycles. The average molecular weight is 267 g/mol. The fraction of sp³-hybridized carbons (Fsp3) is 0.417. The van der Waals surface area contributed by atoms with Gasteiger partial charge in [-0.25, -0.2) is 13.1 Å². The van der Waals surface area contributed by atoms with Crippen LogP contribution in [-0.4, -0.2) is 20.9 Å². The van der Waals surface area contributed by atoms with E-state index in [4.69, 9.17) is 0 Å². The monoisotopic (exact) mass is 267 g/mol. The van der Waals surface area contributed by atoms with Crippen molar-refractivity contribution < 1.29 is 8.42 Å². The van der Waals surface area contributed by atoms with Crippen molar-refractivity contribution in [1.82, 2.24) is 4.72 Å². The van der Waals surface area contributed by atoms with Gasteiger partial charge in [0.05, 0.1) is 5.69 Å². The first-order chi connectivity index (χ1) is 8.63. The van der Waals surface area contributed by atoms with E-state index in [1.807, 2.05) is 0 Å². The number of guanidine groups is 1. The second-order valence-electron chi connectivity index (χ2n) is 4.16.